The molecule has 0 aliphatic rings. The number of unbranched alkanes of at least 4 members (excludes halogenated alkanes) is 2. The molecule has 1 aromatic carbocycles. The van der Waals surface area contributed by atoms with Crippen LogP contribution in [0.25, 0.3) is 0 Å². The zero-order chi connectivity index (χ0) is 13.4. The van der Waals surface area contributed by atoms with Crippen molar-refractivity contribution in [2.24, 2.45) is 0 Å². The standard InChI is InChI=1S/C15H22BrNO/c1-3-5-11-17(12-6-4-2)15(18)13-9-7-8-10-14(13)16/h7-10H,3-6,11-12H2,1-2H3. The second-order valence-electron chi connectivity index (χ2n) is 4.48. The van der Waals surface area contributed by atoms with E-state index in [4.69, 9.17) is 0 Å². The van der Waals surface area contributed by atoms with E-state index in [0.29, 0.717) is 0 Å². The van der Waals surface area contributed by atoms with Crippen LogP contribution in [0.4, 0.5) is 0 Å². The fourth-order valence-corrected chi connectivity index (χ4v) is 2.27. The van der Waals surface area contributed by atoms with Crippen molar-refractivity contribution in [2.45, 2.75) is 39.5 Å². The quantitative estimate of drug-likeness (QED) is 0.726. The summed E-state index contributed by atoms with van der Waals surface area (Å²) in [5.74, 6) is 0.143. The molecule has 0 N–H and O–H groups in total. The lowest BCUT2D eigenvalue weighted by Gasteiger charge is -2.23. The Morgan fingerprint density at radius 3 is 2.17 bits per heavy atom. The maximum Gasteiger partial charge on any atom is 0.254 e. The van der Waals surface area contributed by atoms with Crippen molar-refractivity contribution in [1.29, 1.82) is 0 Å². The summed E-state index contributed by atoms with van der Waals surface area (Å²) in [5.41, 5.74) is 0.768. The van der Waals surface area contributed by atoms with E-state index in [-0.39, 0.29) is 5.91 Å². The third-order valence-corrected chi connectivity index (χ3v) is 3.65. The third-order valence-electron chi connectivity index (χ3n) is 2.95. The molecule has 0 aromatic heterocycles. The molecular formula is C15H22BrNO. The van der Waals surface area contributed by atoms with E-state index in [9.17, 15) is 4.79 Å². The normalized spacial score (nSPS) is 10.4. The maximum atomic E-state index is 12.5. The van der Waals surface area contributed by atoms with E-state index < -0.39 is 0 Å². The van der Waals surface area contributed by atoms with Crippen molar-refractivity contribution >= 4 is 21.8 Å². The second-order valence-corrected chi connectivity index (χ2v) is 5.33. The van der Waals surface area contributed by atoms with Crippen LogP contribution in [0.15, 0.2) is 28.7 Å². The Morgan fingerprint density at radius 1 is 1.11 bits per heavy atom. The highest BCUT2D eigenvalue weighted by Crippen LogP contribution is 2.18. The molecule has 1 aromatic rings. The number of nitrogens with zero attached hydrogens (tertiary/aromatic N) is 1. The monoisotopic (exact) mass is 311 g/mol. The summed E-state index contributed by atoms with van der Waals surface area (Å²) in [6.45, 7) is 6.02. The molecule has 0 heterocycles. The molecule has 0 fully saturated rings. The van der Waals surface area contributed by atoms with E-state index in [1.807, 2.05) is 29.2 Å². The predicted octanol–water partition coefficient (Wildman–Crippen LogP) is 4.49. The fourth-order valence-electron chi connectivity index (χ4n) is 1.82. The Labute approximate surface area is 119 Å². The van der Waals surface area contributed by atoms with Gasteiger partial charge in [0.1, 0.15) is 0 Å². The average molecular weight is 312 g/mol. The van der Waals surface area contributed by atoms with Gasteiger partial charge in [0.2, 0.25) is 0 Å². The van der Waals surface area contributed by atoms with Gasteiger partial charge >= 0.3 is 0 Å². The molecule has 2 nitrogen and oxygen atoms in total. The number of halogens is 1. The molecule has 100 valence electrons. The van der Waals surface area contributed by atoms with Crippen LogP contribution in [-0.4, -0.2) is 23.9 Å². The Morgan fingerprint density at radius 2 is 1.67 bits per heavy atom. The molecular weight excluding hydrogens is 290 g/mol. The summed E-state index contributed by atoms with van der Waals surface area (Å²) in [5, 5.41) is 0. The molecule has 0 saturated carbocycles. The van der Waals surface area contributed by atoms with Crippen molar-refractivity contribution in [2.75, 3.05) is 13.1 Å². The molecule has 1 rings (SSSR count). The van der Waals surface area contributed by atoms with Crippen LogP contribution in [0.1, 0.15) is 49.9 Å². The van der Waals surface area contributed by atoms with E-state index in [1.165, 1.54) is 0 Å². The molecule has 18 heavy (non-hydrogen) atoms. The van der Waals surface area contributed by atoms with Gasteiger partial charge in [-0.25, -0.2) is 0 Å². The van der Waals surface area contributed by atoms with Crippen molar-refractivity contribution in [3.8, 4) is 0 Å². The number of benzene rings is 1. The zero-order valence-corrected chi connectivity index (χ0v) is 12.9. The van der Waals surface area contributed by atoms with Gasteiger partial charge in [-0.05, 0) is 40.9 Å². The van der Waals surface area contributed by atoms with Gasteiger partial charge in [0.05, 0.1) is 5.56 Å². The first kappa shape index (κ1) is 15.2. The molecule has 3 heteroatoms. The number of carbonyl (C=O) groups is 1. The van der Waals surface area contributed by atoms with Gasteiger partial charge in [-0.3, -0.25) is 4.79 Å². The van der Waals surface area contributed by atoms with Gasteiger partial charge < -0.3 is 4.90 Å². The minimum atomic E-state index is 0.143. The number of carbonyl (C=O) groups excluding carboxylic acids is 1. The molecule has 0 aliphatic heterocycles. The number of amides is 1. The molecule has 0 atom stereocenters. The first-order chi connectivity index (χ1) is 8.70. The Kier molecular flexibility index (Phi) is 7.02. The summed E-state index contributed by atoms with van der Waals surface area (Å²) < 4.78 is 0.882. The zero-order valence-electron chi connectivity index (χ0n) is 11.3. The van der Waals surface area contributed by atoms with E-state index in [0.717, 1.165) is 48.8 Å². The number of hydrogen-bond acceptors (Lipinski definition) is 1. The molecule has 0 radical (unpaired) electrons. The van der Waals surface area contributed by atoms with Gasteiger partial charge in [0, 0.05) is 17.6 Å². The smallest absolute Gasteiger partial charge is 0.254 e. The van der Waals surface area contributed by atoms with Crippen LogP contribution < -0.4 is 0 Å². The first-order valence-corrected chi connectivity index (χ1v) is 7.53. The van der Waals surface area contributed by atoms with Crippen molar-refractivity contribution in [1.82, 2.24) is 4.90 Å². The summed E-state index contributed by atoms with van der Waals surface area (Å²) in [6.07, 6.45) is 4.37. The molecule has 0 aliphatic carbocycles. The summed E-state index contributed by atoms with van der Waals surface area (Å²) in [4.78, 5) is 14.5. The molecule has 0 saturated heterocycles. The van der Waals surface area contributed by atoms with Crippen LogP contribution in [0.2, 0.25) is 0 Å². The predicted molar refractivity (Wildman–Crippen MR) is 79.9 cm³/mol. The second kappa shape index (κ2) is 8.30. The van der Waals surface area contributed by atoms with Crippen molar-refractivity contribution in [3.63, 3.8) is 0 Å². The largest absolute Gasteiger partial charge is 0.339 e. The number of rotatable bonds is 7. The van der Waals surface area contributed by atoms with E-state index in [2.05, 4.69) is 29.8 Å². The lowest BCUT2D eigenvalue weighted by atomic mass is 10.1. The minimum Gasteiger partial charge on any atom is -0.339 e. The highest BCUT2D eigenvalue weighted by atomic mass is 79.9. The summed E-state index contributed by atoms with van der Waals surface area (Å²) >= 11 is 3.45. The van der Waals surface area contributed by atoms with Crippen LogP contribution >= 0.6 is 15.9 Å². The van der Waals surface area contributed by atoms with Gasteiger partial charge in [0.25, 0.3) is 5.91 Å². The summed E-state index contributed by atoms with van der Waals surface area (Å²) in [6, 6.07) is 7.65. The lowest BCUT2D eigenvalue weighted by molar-refractivity contribution is 0.0750. The van der Waals surface area contributed by atoms with Crippen molar-refractivity contribution in [3.05, 3.63) is 34.3 Å². The topological polar surface area (TPSA) is 20.3 Å². The van der Waals surface area contributed by atoms with Gasteiger partial charge in [-0.2, -0.15) is 0 Å². The van der Waals surface area contributed by atoms with E-state index in [1.54, 1.807) is 0 Å². The SMILES string of the molecule is CCCCN(CCCC)C(=O)c1ccccc1Br. The van der Waals surface area contributed by atoms with Gasteiger partial charge in [0.15, 0.2) is 0 Å². The third kappa shape index (κ3) is 4.45. The highest BCUT2D eigenvalue weighted by Gasteiger charge is 2.16. The van der Waals surface area contributed by atoms with Crippen LogP contribution in [0.3, 0.4) is 0 Å². The van der Waals surface area contributed by atoms with Crippen LogP contribution in [0, 0.1) is 0 Å². The Bertz CT molecular complexity index is 371. The van der Waals surface area contributed by atoms with E-state index >= 15 is 0 Å². The molecule has 0 unspecified atom stereocenters. The van der Waals surface area contributed by atoms with Gasteiger partial charge in [-0.15, -0.1) is 0 Å². The molecule has 0 spiro atoms. The lowest BCUT2D eigenvalue weighted by Crippen LogP contribution is -2.33. The Hall–Kier alpha value is -0.830. The van der Waals surface area contributed by atoms with Crippen LogP contribution in [0.5, 0.6) is 0 Å². The van der Waals surface area contributed by atoms with Crippen LogP contribution in [-0.2, 0) is 0 Å². The van der Waals surface area contributed by atoms with Crippen molar-refractivity contribution < 1.29 is 4.79 Å². The highest BCUT2D eigenvalue weighted by molar-refractivity contribution is 9.10. The Balaban J connectivity index is 2.77. The summed E-state index contributed by atoms with van der Waals surface area (Å²) in [7, 11) is 0. The average Bonchev–Trinajstić information content (AvgIpc) is 2.39. The fraction of sp³-hybridized carbons (Fsp3) is 0.533. The first-order valence-electron chi connectivity index (χ1n) is 6.74. The number of hydrogen-bond donors (Lipinski definition) is 0. The molecule has 0 bridgehead atoms. The maximum absolute atomic E-state index is 12.5. The minimum absolute atomic E-state index is 0.143. The molecule has 1 amide bonds. The van der Waals surface area contributed by atoms with Gasteiger partial charge in [-0.1, -0.05) is 38.8 Å².